The summed E-state index contributed by atoms with van der Waals surface area (Å²) in [5.74, 6) is 0. The van der Waals surface area contributed by atoms with Gasteiger partial charge in [-0.2, -0.15) is 0 Å². The molecule has 0 radical (unpaired) electrons. The first-order chi connectivity index (χ1) is 3.63. The number of nitrogens with zero attached hydrogens (tertiary/aromatic N) is 1. The molecule has 0 fully saturated rings. The molecule has 0 saturated carbocycles. The van der Waals surface area contributed by atoms with Crippen molar-refractivity contribution >= 4 is 6.21 Å². The minimum Gasteiger partial charge on any atom is -0.323 e. The summed E-state index contributed by atoms with van der Waals surface area (Å²) in [5.41, 5.74) is 10.6. The number of hydrogen-bond donors (Lipinski definition) is 2. The van der Waals surface area contributed by atoms with Crippen LogP contribution in [-0.4, -0.2) is 18.4 Å². The fraction of sp³-hybridized carbons (Fsp3) is 0.800. The van der Waals surface area contributed by atoms with Gasteiger partial charge in [0.1, 0.15) is 0 Å². The second-order valence-electron chi connectivity index (χ2n) is 1.90. The van der Waals surface area contributed by atoms with Crippen molar-refractivity contribution in [3.8, 4) is 0 Å². The fourth-order valence-electron chi connectivity index (χ4n) is 0.272. The van der Waals surface area contributed by atoms with Crippen LogP contribution in [0.15, 0.2) is 4.99 Å². The molecule has 48 valence electrons. The molecule has 0 heterocycles. The Bertz CT molecular complexity index is 65.7. The fourth-order valence-corrected chi connectivity index (χ4v) is 0.272. The minimum absolute atomic E-state index is 0.0148. The molecule has 3 heteroatoms. The van der Waals surface area contributed by atoms with Crippen LogP contribution >= 0.6 is 0 Å². The van der Waals surface area contributed by atoms with E-state index in [0.29, 0.717) is 0 Å². The molecule has 0 aliphatic heterocycles. The van der Waals surface area contributed by atoms with Crippen molar-refractivity contribution < 1.29 is 0 Å². The summed E-state index contributed by atoms with van der Waals surface area (Å²) in [6, 6.07) is 0.0148. The predicted molar refractivity (Wildman–Crippen MR) is 35.8 cm³/mol. The van der Waals surface area contributed by atoms with Crippen molar-refractivity contribution in [1.82, 2.24) is 0 Å². The molecule has 0 saturated heterocycles. The number of rotatable bonds is 2. The van der Waals surface area contributed by atoms with E-state index in [0.717, 1.165) is 0 Å². The van der Waals surface area contributed by atoms with Gasteiger partial charge in [0.2, 0.25) is 0 Å². The second kappa shape index (κ2) is 3.57. The van der Waals surface area contributed by atoms with Crippen LogP contribution in [-0.2, 0) is 0 Å². The van der Waals surface area contributed by atoms with E-state index in [-0.39, 0.29) is 12.2 Å². The van der Waals surface area contributed by atoms with Gasteiger partial charge < -0.3 is 11.5 Å². The quantitative estimate of drug-likeness (QED) is 0.486. The maximum atomic E-state index is 5.34. The van der Waals surface area contributed by atoms with Gasteiger partial charge in [-0.1, -0.05) is 0 Å². The first-order valence-corrected chi connectivity index (χ1v) is 2.67. The molecule has 0 rings (SSSR count). The topological polar surface area (TPSA) is 64.4 Å². The number of hydrogen-bond acceptors (Lipinski definition) is 3. The molecular formula is C5H13N3. The van der Waals surface area contributed by atoms with Crippen LogP contribution < -0.4 is 11.5 Å². The van der Waals surface area contributed by atoms with E-state index in [1.54, 1.807) is 13.1 Å². The summed E-state index contributed by atoms with van der Waals surface area (Å²) in [7, 11) is 0. The monoisotopic (exact) mass is 115 g/mol. The first-order valence-electron chi connectivity index (χ1n) is 2.67. The maximum Gasteiger partial charge on any atom is 0.0937 e. The number of nitrogens with two attached hydrogens (primary N) is 2. The molecule has 4 N–H and O–H groups in total. The van der Waals surface area contributed by atoms with E-state index in [1.165, 1.54) is 0 Å². The van der Waals surface area contributed by atoms with Crippen LogP contribution in [0.5, 0.6) is 0 Å². The van der Waals surface area contributed by atoms with Gasteiger partial charge in [0.15, 0.2) is 0 Å². The summed E-state index contributed by atoms with van der Waals surface area (Å²) in [4.78, 5) is 3.85. The zero-order valence-electron chi connectivity index (χ0n) is 5.33. The Morgan fingerprint density at radius 3 is 2.00 bits per heavy atom. The molecule has 0 aromatic heterocycles. The molecular weight excluding hydrogens is 102 g/mol. The Balaban J connectivity index is 3.34. The molecule has 0 aliphatic carbocycles. The molecule has 2 atom stereocenters. The molecule has 0 spiro atoms. The van der Waals surface area contributed by atoms with Gasteiger partial charge >= 0.3 is 0 Å². The molecule has 0 aromatic carbocycles. The second-order valence-corrected chi connectivity index (χ2v) is 1.90. The van der Waals surface area contributed by atoms with Crippen molar-refractivity contribution in [3.63, 3.8) is 0 Å². The van der Waals surface area contributed by atoms with E-state index in [4.69, 9.17) is 11.5 Å². The number of aliphatic imine (C=N–C) groups is 1. The standard InChI is InChI=1S/C5H13N3/c1-4(6)3-8-5(2)7/h3-5H,6-7H2,1-2H3. The average Bonchev–Trinajstić information content (AvgIpc) is 1.61. The Morgan fingerprint density at radius 2 is 1.88 bits per heavy atom. The summed E-state index contributed by atoms with van der Waals surface area (Å²) >= 11 is 0. The molecule has 2 unspecified atom stereocenters. The third-order valence-corrected chi connectivity index (χ3v) is 0.556. The molecule has 3 nitrogen and oxygen atoms in total. The lowest BCUT2D eigenvalue weighted by molar-refractivity contribution is 0.787. The van der Waals surface area contributed by atoms with Crippen LogP contribution in [0.1, 0.15) is 13.8 Å². The molecule has 0 amide bonds. The Labute approximate surface area is 49.8 Å². The van der Waals surface area contributed by atoms with Crippen molar-refractivity contribution in [2.45, 2.75) is 26.1 Å². The van der Waals surface area contributed by atoms with Crippen LogP contribution in [0, 0.1) is 0 Å². The Kier molecular flexibility index (Phi) is 3.39. The first kappa shape index (κ1) is 7.59. The van der Waals surface area contributed by atoms with Gasteiger partial charge in [-0.15, -0.1) is 0 Å². The highest BCUT2D eigenvalue weighted by atomic mass is 14.9. The van der Waals surface area contributed by atoms with Gasteiger partial charge in [0, 0.05) is 12.3 Å². The SMILES string of the molecule is CC(N)C=NC(C)N. The highest BCUT2D eigenvalue weighted by Crippen LogP contribution is 1.74. The van der Waals surface area contributed by atoms with Gasteiger partial charge in [0.05, 0.1) is 6.17 Å². The van der Waals surface area contributed by atoms with Gasteiger partial charge in [-0.05, 0) is 13.8 Å². The van der Waals surface area contributed by atoms with E-state index in [2.05, 4.69) is 4.99 Å². The molecule has 0 aromatic rings. The van der Waals surface area contributed by atoms with E-state index in [1.807, 2.05) is 6.92 Å². The summed E-state index contributed by atoms with van der Waals surface area (Å²) in [5, 5.41) is 0. The highest BCUT2D eigenvalue weighted by molar-refractivity contribution is 5.63. The lowest BCUT2D eigenvalue weighted by Gasteiger charge is -1.96. The highest BCUT2D eigenvalue weighted by Gasteiger charge is 1.85. The molecule has 0 bridgehead atoms. The summed E-state index contributed by atoms with van der Waals surface area (Å²) in [6.45, 7) is 3.66. The van der Waals surface area contributed by atoms with Crippen molar-refractivity contribution in [3.05, 3.63) is 0 Å². The van der Waals surface area contributed by atoms with E-state index >= 15 is 0 Å². The predicted octanol–water partition coefficient (Wildman–Crippen LogP) is -0.291. The zero-order chi connectivity index (χ0) is 6.57. The van der Waals surface area contributed by atoms with Crippen LogP contribution in [0.2, 0.25) is 0 Å². The summed E-state index contributed by atoms with van der Waals surface area (Å²) in [6.07, 6.45) is 1.52. The van der Waals surface area contributed by atoms with Gasteiger partial charge in [-0.25, -0.2) is 0 Å². The van der Waals surface area contributed by atoms with Crippen molar-refractivity contribution in [2.24, 2.45) is 16.5 Å². The van der Waals surface area contributed by atoms with Crippen LogP contribution in [0.3, 0.4) is 0 Å². The van der Waals surface area contributed by atoms with Crippen LogP contribution in [0.4, 0.5) is 0 Å². The van der Waals surface area contributed by atoms with E-state index in [9.17, 15) is 0 Å². The molecule has 8 heavy (non-hydrogen) atoms. The average molecular weight is 115 g/mol. The lowest BCUT2D eigenvalue weighted by atomic mass is 10.4. The van der Waals surface area contributed by atoms with Gasteiger partial charge in [-0.3, -0.25) is 4.99 Å². The van der Waals surface area contributed by atoms with E-state index < -0.39 is 0 Å². The largest absolute Gasteiger partial charge is 0.323 e. The Hall–Kier alpha value is -0.410. The van der Waals surface area contributed by atoms with Crippen molar-refractivity contribution in [1.29, 1.82) is 0 Å². The van der Waals surface area contributed by atoms with Crippen molar-refractivity contribution in [2.75, 3.05) is 0 Å². The van der Waals surface area contributed by atoms with Gasteiger partial charge in [0.25, 0.3) is 0 Å². The normalized spacial score (nSPS) is 19.0. The Morgan fingerprint density at radius 1 is 1.38 bits per heavy atom. The third kappa shape index (κ3) is 5.59. The lowest BCUT2D eigenvalue weighted by Crippen LogP contribution is -2.19. The molecule has 0 aliphatic rings. The smallest absolute Gasteiger partial charge is 0.0937 e. The zero-order valence-corrected chi connectivity index (χ0v) is 5.33. The van der Waals surface area contributed by atoms with Crippen LogP contribution in [0.25, 0.3) is 0 Å². The minimum atomic E-state index is -0.124. The summed E-state index contributed by atoms with van der Waals surface area (Å²) < 4.78 is 0. The maximum absolute atomic E-state index is 5.34. The third-order valence-electron chi connectivity index (χ3n) is 0.556.